The lowest BCUT2D eigenvalue weighted by Crippen LogP contribution is -2.50. The standard InChI is InChI=1S/C32H39ClN6O3/c1-21-15-23(6-7-27(21)33)19-37-12-10-26(11-13-37)39-28(8-9-30(39)41)29(40)18-25-17-24(16-22(2)35-25)32-34-20-38(36-32)31-5-3-4-14-42-31/h6-7,15-17,20,26,28,31H,3-5,8-14,18-19H2,1-2H3. The quantitative estimate of drug-likeness (QED) is 0.361. The Kier molecular flexibility index (Phi) is 8.70. The van der Waals surface area contributed by atoms with Gasteiger partial charge in [-0.2, -0.15) is 0 Å². The Morgan fingerprint density at radius 2 is 1.90 bits per heavy atom. The molecule has 1 aromatic carbocycles. The minimum atomic E-state index is -0.389. The number of Topliss-reactive ketones (excluding diaryl/α,β-unsaturated/α-hetero) is 1. The highest BCUT2D eigenvalue weighted by Gasteiger charge is 2.41. The van der Waals surface area contributed by atoms with Gasteiger partial charge in [0, 0.05) is 60.7 Å². The topological polar surface area (TPSA) is 93.4 Å². The minimum Gasteiger partial charge on any atom is -0.356 e. The van der Waals surface area contributed by atoms with Gasteiger partial charge in [-0.05, 0) is 81.7 Å². The zero-order chi connectivity index (χ0) is 29.2. The second-order valence-corrected chi connectivity index (χ2v) is 12.4. The first kappa shape index (κ1) is 29.0. The number of halogens is 1. The smallest absolute Gasteiger partial charge is 0.223 e. The van der Waals surface area contributed by atoms with Crippen LogP contribution in [0.2, 0.25) is 5.02 Å². The molecule has 2 unspecified atom stereocenters. The highest BCUT2D eigenvalue weighted by atomic mass is 35.5. The van der Waals surface area contributed by atoms with Crippen molar-refractivity contribution in [2.45, 2.75) is 90.1 Å². The summed E-state index contributed by atoms with van der Waals surface area (Å²) in [7, 11) is 0. The molecule has 0 saturated carbocycles. The Hall–Kier alpha value is -3.14. The summed E-state index contributed by atoms with van der Waals surface area (Å²) in [5.41, 5.74) is 4.66. The van der Waals surface area contributed by atoms with Crippen LogP contribution in [0.3, 0.4) is 0 Å². The van der Waals surface area contributed by atoms with Crippen LogP contribution in [-0.4, -0.2) is 73.0 Å². The molecule has 10 heteroatoms. The number of aryl methyl sites for hydroxylation is 2. The molecule has 0 bridgehead atoms. The molecule has 42 heavy (non-hydrogen) atoms. The van der Waals surface area contributed by atoms with Crippen LogP contribution in [0.15, 0.2) is 36.7 Å². The third-order valence-corrected chi connectivity index (χ3v) is 9.21. The molecule has 0 radical (unpaired) electrons. The molecule has 3 aromatic rings. The number of pyridine rings is 1. The van der Waals surface area contributed by atoms with Crippen LogP contribution >= 0.6 is 11.6 Å². The van der Waals surface area contributed by atoms with Gasteiger partial charge in [-0.15, -0.1) is 5.10 Å². The summed E-state index contributed by atoms with van der Waals surface area (Å²) in [4.78, 5) is 40.2. The molecule has 9 nitrogen and oxygen atoms in total. The summed E-state index contributed by atoms with van der Waals surface area (Å²) < 4.78 is 7.63. The van der Waals surface area contributed by atoms with E-state index in [-0.39, 0.29) is 36.4 Å². The van der Waals surface area contributed by atoms with E-state index in [1.807, 2.05) is 36.9 Å². The largest absolute Gasteiger partial charge is 0.356 e. The Morgan fingerprint density at radius 3 is 2.67 bits per heavy atom. The molecule has 3 aliphatic rings. The van der Waals surface area contributed by atoms with Gasteiger partial charge in [0.2, 0.25) is 5.91 Å². The van der Waals surface area contributed by atoms with Crippen molar-refractivity contribution in [3.8, 4) is 11.4 Å². The van der Waals surface area contributed by atoms with E-state index in [2.05, 4.69) is 32.1 Å². The normalized spacial score (nSPS) is 22.2. The molecule has 0 aliphatic carbocycles. The number of piperidine rings is 1. The molecule has 3 saturated heterocycles. The van der Waals surface area contributed by atoms with Crippen molar-refractivity contribution >= 4 is 23.3 Å². The molecule has 0 N–H and O–H groups in total. The van der Waals surface area contributed by atoms with Crippen molar-refractivity contribution < 1.29 is 14.3 Å². The molecule has 2 aromatic heterocycles. The maximum Gasteiger partial charge on any atom is 0.223 e. The molecular formula is C32H39ClN6O3. The van der Waals surface area contributed by atoms with E-state index in [1.165, 1.54) is 5.56 Å². The van der Waals surface area contributed by atoms with Gasteiger partial charge in [0.15, 0.2) is 17.8 Å². The lowest BCUT2D eigenvalue weighted by molar-refractivity contribution is -0.137. The molecule has 3 fully saturated rings. The maximum absolute atomic E-state index is 13.6. The van der Waals surface area contributed by atoms with Crippen molar-refractivity contribution in [3.05, 3.63) is 64.2 Å². The summed E-state index contributed by atoms with van der Waals surface area (Å²) in [5.74, 6) is 0.748. The highest BCUT2D eigenvalue weighted by molar-refractivity contribution is 6.31. The molecule has 222 valence electrons. The number of carbonyl (C=O) groups is 2. The fraction of sp³-hybridized carbons (Fsp3) is 0.531. The van der Waals surface area contributed by atoms with Crippen molar-refractivity contribution in [1.82, 2.24) is 29.5 Å². The fourth-order valence-corrected chi connectivity index (χ4v) is 6.74. The number of nitrogens with zero attached hydrogens (tertiary/aromatic N) is 6. The number of benzene rings is 1. The Balaban J connectivity index is 1.09. The van der Waals surface area contributed by atoms with Crippen LogP contribution < -0.4 is 0 Å². The van der Waals surface area contributed by atoms with Crippen LogP contribution in [0.4, 0.5) is 0 Å². The third-order valence-electron chi connectivity index (χ3n) is 8.79. The van der Waals surface area contributed by atoms with Gasteiger partial charge in [0.25, 0.3) is 0 Å². The average Bonchev–Trinajstić information content (AvgIpc) is 3.63. The van der Waals surface area contributed by atoms with E-state index in [1.54, 1.807) is 11.0 Å². The summed E-state index contributed by atoms with van der Waals surface area (Å²) in [6.07, 6.45) is 7.68. The number of hydrogen-bond acceptors (Lipinski definition) is 7. The summed E-state index contributed by atoms with van der Waals surface area (Å²) >= 11 is 6.20. The van der Waals surface area contributed by atoms with Gasteiger partial charge in [0.05, 0.1) is 12.5 Å². The van der Waals surface area contributed by atoms with E-state index < -0.39 is 0 Å². The van der Waals surface area contributed by atoms with Crippen LogP contribution in [-0.2, 0) is 27.3 Å². The summed E-state index contributed by atoms with van der Waals surface area (Å²) in [6, 6.07) is 9.74. The van der Waals surface area contributed by atoms with E-state index >= 15 is 0 Å². The average molecular weight is 591 g/mol. The number of carbonyl (C=O) groups excluding carboxylic acids is 2. The number of ketones is 1. The van der Waals surface area contributed by atoms with Crippen molar-refractivity contribution in [2.24, 2.45) is 0 Å². The van der Waals surface area contributed by atoms with Crippen molar-refractivity contribution in [1.29, 1.82) is 0 Å². The Bertz CT molecular complexity index is 1440. The SMILES string of the molecule is Cc1cc(-c2ncn(C3CCCCO3)n2)cc(CC(=O)C2CCC(=O)N2C2CCN(Cc3ccc(Cl)c(C)c3)CC2)n1. The second kappa shape index (κ2) is 12.6. The minimum absolute atomic E-state index is 0.0538. The van der Waals surface area contributed by atoms with Crippen molar-refractivity contribution in [2.75, 3.05) is 19.7 Å². The first-order valence-corrected chi connectivity index (χ1v) is 15.5. The first-order valence-electron chi connectivity index (χ1n) is 15.2. The molecular weight excluding hydrogens is 552 g/mol. The first-order chi connectivity index (χ1) is 20.3. The lowest BCUT2D eigenvalue weighted by atomic mass is 9.98. The summed E-state index contributed by atoms with van der Waals surface area (Å²) in [5, 5.41) is 5.46. The predicted octanol–water partition coefficient (Wildman–Crippen LogP) is 5.08. The van der Waals surface area contributed by atoms with Crippen LogP contribution in [0.5, 0.6) is 0 Å². The molecule has 5 heterocycles. The van der Waals surface area contributed by atoms with Gasteiger partial charge in [-0.1, -0.05) is 23.7 Å². The Morgan fingerprint density at radius 1 is 1.07 bits per heavy atom. The highest BCUT2D eigenvalue weighted by Crippen LogP contribution is 2.30. The van der Waals surface area contributed by atoms with Crippen LogP contribution in [0.1, 0.15) is 73.7 Å². The van der Waals surface area contributed by atoms with Gasteiger partial charge < -0.3 is 9.64 Å². The number of rotatable bonds is 8. The van der Waals surface area contributed by atoms with E-state index in [0.29, 0.717) is 24.4 Å². The number of aromatic nitrogens is 4. The third kappa shape index (κ3) is 6.43. The van der Waals surface area contributed by atoms with E-state index in [4.69, 9.17) is 16.3 Å². The zero-order valence-corrected chi connectivity index (χ0v) is 25.2. The van der Waals surface area contributed by atoms with Crippen LogP contribution in [0.25, 0.3) is 11.4 Å². The molecule has 3 aliphatic heterocycles. The molecule has 6 rings (SSSR count). The number of amides is 1. The van der Waals surface area contributed by atoms with Gasteiger partial charge in [-0.25, -0.2) is 9.67 Å². The lowest BCUT2D eigenvalue weighted by Gasteiger charge is -2.39. The van der Waals surface area contributed by atoms with E-state index in [9.17, 15) is 9.59 Å². The molecule has 0 spiro atoms. The van der Waals surface area contributed by atoms with Gasteiger partial charge in [-0.3, -0.25) is 19.5 Å². The number of likely N-dealkylation sites (tertiary alicyclic amines) is 2. The van der Waals surface area contributed by atoms with Crippen molar-refractivity contribution in [3.63, 3.8) is 0 Å². The monoisotopic (exact) mass is 590 g/mol. The Labute approximate surface area is 252 Å². The fourth-order valence-electron chi connectivity index (χ4n) is 6.63. The second-order valence-electron chi connectivity index (χ2n) is 11.9. The van der Waals surface area contributed by atoms with Gasteiger partial charge in [0.1, 0.15) is 6.33 Å². The van der Waals surface area contributed by atoms with E-state index in [0.717, 1.165) is 80.2 Å². The maximum atomic E-state index is 13.6. The van der Waals surface area contributed by atoms with Gasteiger partial charge >= 0.3 is 0 Å². The summed E-state index contributed by atoms with van der Waals surface area (Å²) in [6.45, 7) is 7.34. The molecule has 2 atom stereocenters. The van der Waals surface area contributed by atoms with Crippen LogP contribution in [0, 0.1) is 13.8 Å². The molecule has 1 amide bonds. The predicted molar refractivity (Wildman–Crippen MR) is 160 cm³/mol. The zero-order valence-electron chi connectivity index (χ0n) is 24.5. The number of hydrogen-bond donors (Lipinski definition) is 0. The number of ether oxygens (including phenoxy) is 1.